The van der Waals surface area contributed by atoms with Crippen LogP contribution in [0, 0.1) is 0 Å². The molecule has 0 fully saturated rings. The van der Waals surface area contributed by atoms with Crippen LogP contribution in [0.2, 0.25) is 0 Å². The van der Waals surface area contributed by atoms with Gasteiger partial charge in [0.05, 0.1) is 26.4 Å². The van der Waals surface area contributed by atoms with Crippen molar-refractivity contribution in [2.45, 2.75) is 49.4 Å². The molecule has 0 aromatic carbocycles. The van der Waals surface area contributed by atoms with Crippen molar-refractivity contribution in [3.05, 3.63) is 24.3 Å². The summed E-state index contributed by atoms with van der Waals surface area (Å²) in [6, 6.07) is 0. The van der Waals surface area contributed by atoms with E-state index in [-0.39, 0.29) is 37.6 Å². The van der Waals surface area contributed by atoms with Crippen LogP contribution in [0.15, 0.2) is 24.3 Å². The number of hydrogen-bond donors (Lipinski definition) is 2. The van der Waals surface area contributed by atoms with E-state index in [0.29, 0.717) is 0 Å². The molecule has 290 valence electrons. The van der Waals surface area contributed by atoms with E-state index in [4.69, 9.17) is 9.47 Å². The quantitative estimate of drug-likeness (QED) is 0.0501. The minimum absolute atomic E-state index is 0.0512. The van der Waals surface area contributed by atoms with Gasteiger partial charge in [0.25, 0.3) is 0 Å². The first-order valence-corrected chi connectivity index (χ1v) is 13.6. The summed E-state index contributed by atoms with van der Waals surface area (Å²) in [7, 11) is 0. The fraction of sp³-hybridized carbons (Fsp3) is 0.692. The van der Waals surface area contributed by atoms with Crippen LogP contribution < -0.4 is 10.6 Å². The molecule has 2 amide bonds. The van der Waals surface area contributed by atoms with Gasteiger partial charge in [0.1, 0.15) is 13.2 Å². The number of ether oxygens (including phenoxy) is 6. The average molecular weight is 761 g/mol. The Labute approximate surface area is 275 Å². The SMILES string of the molecule is C=C(C)C(=O)OCCOCCNC(=O)OCC(F)(F)C(F)(F)C(F)(F)C(F)(F)C(F)(F)C(F)(F)COC(=O)NCCOCCOC(=O)C(=C)C. The van der Waals surface area contributed by atoms with Gasteiger partial charge in [0.15, 0.2) is 13.2 Å². The van der Waals surface area contributed by atoms with Crippen LogP contribution >= 0.6 is 0 Å². The summed E-state index contributed by atoms with van der Waals surface area (Å²) in [6.07, 6.45) is -4.09. The maximum atomic E-state index is 14.1. The highest BCUT2D eigenvalue weighted by atomic mass is 19.4. The van der Waals surface area contributed by atoms with Crippen LogP contribution in [0.25, 0.3) is 0 Å². The summed E-state index contributed by atoms with van der Waals surface area (Å²) in [6.45, 7) is -0.393. The predicted molar refractivity (Wildman–Crippen MR) is 142 cm³/mol. The first-order chi connectivity index (χ1) is 22.7. The Hall–Kier alpha value is -3.96. The Morgan fingerprint density at radius 1 is 0.480 bits per heavy atom. The van der Waals surface area contributed by atoms with E-state index in [9.17, 15) is 71.9 Å². The van der Waals surface area contributed by atoms with E-state index in [0.717, 1.165) is 0 Å². The second-order valence-corrected chi connectivity index (χ2v) is 9.77. The molecule has 2 N–H and O–H groups in total. The summed E-state index contributed by atoms with van der Waals surface area (Å²) >= 11 is 0. The molecular formula is C26H32F12N2O10. The Balaban J connectivity index is 5.12. The lowest BCUT2D eigenvalue weighted by atomic mass is 9.91. The zero-order valence-corrected chi connectivity index (χ0v) is 26.1. The lowest BCUT2D eigenvalue weighted by molar-refractivity contribution is -0.427. The van der Waals surface area contributed by atoms with Gasteiger partial charge in [-0.25, -0.2) is 19.2 Å². The molecule has 0 rings (SSSR count). The fourth-order valence-corrected chi connectivity index (χ4v) is 2.74. The number of nitrogens with one attached hydrogen (secondary N) is 2. The third kappa shape index (κ3) is 12.4. The largest absolute Gasteiger partial charge is 0.460 e. The van der Waals surface area contributed by atoms with Gasteiger partial charge in [-0.15, -0.1) is 0 Å². The first-order valence-electron chi connectivity index (χ1n) is 13.6. The maximum Gasteiger partial charge on any atom is 0.407 e. The van der Waals surface area contributed by atoms with Crippen LogP contribution in [-0.4, -0.2) is 126 Å². The third-order valence-corrected chi connectivity index (χ3v) is 5.52. The number of hydrogen-bond acceptors (Lipinski definition) is 10. The van der Waals surface area contributed by atoms with Crippen LogP contribution in [0.5, 0.6) is 0 Å². The van der Waals surface area contributed by atoms with Gasteiger partial charge in [-0.2, -0.15) is 52.7 Å². The molecule has 0 unspecified atom stereocenters. The molecule has 50 heavy (non-hydrogen) atoms. The van der Waals surface area contributed by atoms with Crippen molar-refractivity contribution in [3.63, 3.8) is 0 Å². The molecule has 0 spiro atoms. The number of amides is 2. The maximum absolute atomic E-state index is 14.1. The molecule has 0 bridgehead atoms. The van der Waals surface area contributed by atoms with Crippen LogP contribution in [0.3, 0.4) is 0 Å². The summed E-state index contributed by atoms with van der Waals surface area (Å²) in [5.41, 5.74) is 0.102. The molecule has 0 radical (unpaired) electrons. The fourth-order valence-electron chi connectivity index (χ4n) is 2.74. The van der Waals surface area contributed by atoms with Gasteiger partial charge in [-0.05, 0) is 13.8 Å². The molecule has 0 aliphatic heterocycles. The average Bonchev–Trinajstić information content (AvgIpc) is 3.00. The van der Waals surface area contributed by atoms with Crippen molar-refractivity contribution in [1.82, 2.24) is 10.6 Å². The number of carbonyl (C=O) groups excluding carboxylic acids is 4. The summed E-state index contributed by atoms with van der Waals surface area (Å²) in [5.74, 6) is -45.8. The van der Waals surface area contributed by atoms with Crippen LogP contribution in [0.1, 0.15) is 13.8 Å². The van der Waals surface area contributed by atoms with Gasteiger partial charge in [-0.3, -0.25) is 0 Å². The van der Waals surface area contributed by atoms with E-state index < -0.39 is 99.2 Å². The van der Waals surface area contributed by atoms with E-state index in [2.05, 4.69) is 32.1 Å². The highest BCUT2D eigenvalue weighted by Gasteiger charge is 2.90. The van der Waals surface area contributed by atoms with Crippen LogP contribution in [0.4, 0.5) is 62.3 Å². The Bertz CT molecular complexity index is 1110. The molecule has 0 aromatic heterocycles. The van der Waals surface area contributed by atoms with Gasteiger partial charge in [-0.1, -0.05) is 13.2 Å². The van der Waals surface area contributed by atoms with E-state index >= 15 is 0 Å². The number of carbonyl (C=O) groups is 4. The second kappa shape index (κ2) is 18.9. The zero-order chi connectivity index (χ0) is 39.2. The molecule has 0 aliphatic carbocycles. The third-order valence-electron chi connectivity index (χ3n) is 5.52. The van der Waals surface area contributed by atoms with E-state index in [1.807, 2.05) is 0 Å². The van der Waals surface area contributed by atoms with Crippen molar-refractivity contribution >= 4 is 24.1 Å². The molecule has 0 atom stereocenters. The van der Waals surface area contributed by atoms with Gasteiger partial charge < -0.3 is 39.1 Å². The molecular weight excluding hydrogens is 728 g/mol. The Kier molecular flexibility index (Phi) is 17.4. The van der Waals surface area contributed by atoms with Gasteiger partial charge >= 0.3 is 59.7 Å². The highest BCUT2D eigenvalue weighted by molar-refractivity contribution is 5.87. The molecule has 24 heteroatoms. The minimum atomic E-state index is -7.96. The topological polar surface area (TPSA) is 148 Å². The number of alkyl halides is 12. The summed E-state index contributed by atoms with van der Waals surface area (Å²) in [4.78, 5) is 45.1. The molecule has 0 saturated carbocycles. The van der Waals surface area contributed by atoms with Crippen molar-refractivity contribution in [2.75, 3.05) is 65.9 Å². The number of rotatable bonds is 23. The normalized spacial score (nSPS) is 12.8. The van der Waals surface area contributed by atoms with Crippen molar-refractivity contribution < 1.29 is 100 Å². The number of alkyl carbamates (subject to hydrolysis) is 2. The number of halogens is 12. The summed E-state index contributed by atoms with van der Waals surface area (Å²) in [5, 5.41) is 3.16. The van der Waals surface area contributed by atoms with E-state index in [1.165, 1.54) is 13.8 Å². The van der Waals surface area contributed by atoms with Crippen molar-refractivity contribution in [1.29, 1.82) is 0 Å². The first kappa shape index (κ1) is 46.0. The van der Waals surface area contributed by atoms with E-state index in [1.54, 1.807) is 10.6 Å². The summed E-state index contributed by atoms with van der Waals surface area (Å²) < 4.78 is 194. The standard InChI is InChI=1S/C26H32F12N2O10/c1-15(2)17(41)47-11-9-45-7-5-39-19(43)49-13-21(27,28)23(31,32)25(35,36)26(37,38)24(33,34)22(29,30)14-50-20(44)40-6-8-46-10-12-48-18(42)16(3)4/h1,3,5-14H2,2,4H3,(H,39,43)(H,40,44). The Morgan fingerprint density at radius 3 is 1.06 bits per heavy atom. The molecule has 0 aromatic rings. The molecule has 12 nitrogen and oxygen atoms in total. The Morgan fingerprint density at radius 2 is 0.780 bits per heavy atom. The lowest BCUT2D eigenvalue weighted by Gasteiger charge is -2.40. The second-order valence-electron chi connectivity index (χ2n) is 9.77. The van der Waals surface area contributed by atoms with Crippen molar-refractivity contribution in [3.8, 4) is 0 Å². The van der Waals surface area contributed by atoms with Crippen LogP contribution in [-0.2, 0) is 38.0 Å². The zero-order valence-electron chi connectivity index (χ0n) is 26.1. The molecule has 0 saturated heterocycles. The minimum Gasteiger partial charge on any atom is -0.460 e. The smallest absolute Gasteiger partial charge is 0.407 e. The van der Waals surface area contributed by atoms with Gasteiger partial charge in [0, 0.05) is 24.2 Å². The van der Waals surface area contributed by atoms with Gasteiger partial charge in [0.2, 0.25) is 0 Å². The monoisotopic (exact) mass is 760 g/mol. The molecule has 0 aliphatic rings. The predicted octanol–water partition coefficient (Wildman–Crippen LogP) is 4.52. The highest BCUT2D eigenvalue weighted by Crippen LogP contribution is 2.60. The molecule has 0 heterocycles. The number of esters is 2. The lowest BCUT2D eigenvalue weighted by Crippen LogP contribution is -2.71. The van der Waals surface area contributed by atoms with Crippen molar-refractivity contribution in [2.24, 2.45) is 0 Å².